The molecule has 106 valence electrons. The van der Waals surface area contributed by atoms with Crippen LogP contribution in [0.15, 0.2) is 29.6 Å². The van der Waals surface area contributed by atoms with E-state index in [1.54, 1.807) is 18.3 Å². The number of hydrogen-bond donors (Lipinski definition) is 2. The van der Waals surface area contributed by atoms with E-state index < -0.39 is 5.54 Å². The monoisotopic (exact) mass is 289 g/mol. The van der Waals surface area contributed by atoms with Crippen molar-refractivity contribution in [3.05, 3.63) is 34.7 Å². The predicted molar refractivity (Wildman–Crippen MR) is 83.8 cm³/mol. The fraction of sp³-hybridized carbons (Fsp3) is 0.333. The summed E-state index contributed by atoms with van der Waals surface area (Å²) >= 11 is 1.61. The average Bonchev–Trinajstić information content (AvgIpc) is 2.85. The molecule has 2 aromatic rings. The molecule has 0 saturated carbocycles. The number of nitrogens with one attached hydrogen (secondary N) is 1. The van der Waals surface area contributed by atoms with Gasteiger partial charge in [-0.1, -0.05) is 19.1 Å². The number of hydrogen-bond acceptors (Lipinski definition) is 4. The minimum Gasteiger partial charge on any atom is -0.324 e. The van der Waals surface area contributed by atoms with Crippen LogP contribution in [0.1, 0.15) is 25.3 Å². The zero-order chi connectivity index (χ0) is 14.8. The molecule has 1 aromatic heterocycles. The van der Waals surface area contributed by atoms with Crippen LogP contribution in [-0.2, 0) is 4.79 Å². The maximum atomic E-state index is 12.1. The summed E-state index contributed by atoms with van der Waals surface area (Å²) in [5.41, 5.74) is 7.74. The molecule has 0 saturated heterocycles. The van der Waals surface area contributed by atoms with Gasteiger partial charge in [-0.2, -0.15) is 0 Å². The highest BCUT2D eigenvalue weighted by Gasteiger charge is 2.25. The topological polar surface area (TPSA) is 68.0 Å². The van der Waals surface area contributed by atoms with Crippen molar-refractivity contribution in [1.29, 1.82) is 0 Å². The number of carbonyl (C=O) groups excluding carboxylic acids is 1. The zero-order valence-electron chi connectivity index (χ0n) is 11.9. The lowest BCUT2D eigenvalue weighted by atomic mass is 9.99. The van der Waals surface area contributed by atoms with Gasteiger partial charge in [0.15, 0.2) is 0 Å². The second-order valence-electron chi connectivity index (χ2n) is 5.06. The highest BCUT2D eigenvalue weighted by atomic mass is 32.1. The number of benzene rings is 1. The normalized spacial score (nSPS) is 13.8. The van der Waals surface area contributed by atoms with Gasteiger partial charge in [0.05, 0.1) is 16.2 Å². The van der Waals surface area contributed by atoms with E-state index in [0.717, 1.165) is 22.0 Å². The first-order valence-electron chi connectivity index (χ1n) is 6.55. The second-order valence-corrected chi connectivity index (χ2v) is 6.12. The first-order chi connectivity index (χ1) is 9.42. The largest absolute Gasteiger partial charge is 0.324 e. The SMILES string of the molecule is CCC(C)(N)C(=O)Nc1cccc(-c2csc(C)n2)c1. The van der Waals surface area contributed by atoms with Crippen LogP contribution in [0.25, 0.3) is 11.3 Å². The number of anilines is 1. The van der Waals surface area contributed by atoms with Gasteiger partial charge in [0.1, 0.15) is 0 Å². The maximum absolute atomic E-state index is 12.1. The van der Waals surface area contributed by atoms with E-state index in [4.69, 9.17) is 5.73 Å². The van der Waals surface area contributed by atoms with E-state index >= 15 is 0 Å². The van der Waals surface area contributed by atoms with Crippen molar-refractivity contribution >= 4 is 22.9 Å². The third-order valence-corrected chi connectivity index (χ3v) is 4.06. The molecule has 0 aliphatic heterocycles. The summed E-state index contributed by atoms with van der Waals surface area (Å²) in [6, 6.07) is 7.65. The molecule has 1 unspecified atom stereocenters. The number of nitrogens with two attached hydrogens (primary N) is 1. The van der Waals surface area contributed by atoms with E-state index in [1.807, 2.05) is 43.5 Å². The molecule has 0 bridgehead atoms. The Bertz CT molecular complexity index is 619. The summed E-state index contributed by atoms with van der Waals surface area (Å²) in [6.07, 6.45) is 0.587. The molecule has 0 radical (unpaired) electrons. The summed E-state index contributed by atoms with van der Waals surface area (Å²) < 4.78 is 0. The highest BCUT2D eigenvalue weighted by molar-refractivity contribution is 7.09. The number of carbonyl (C=O) groups is 1. The molecule has 0 fully saturated rings. The molecule has 4 nitrogen and oxygen atoms in total. The summed E-state index contributed by atoms with van der Waals surface area (Å²) in [6.45, 7) is 5.60. The Hall–Kier alpha value is -1.72. The predicted octanol–water partition coefficient (Wildman–Crippen LogP) is 3.18. The molecular formula is C15H19N3OS. The molecule has 1 aromatic carbocycles. The minimum absolute atomic E-state index is 0.174. The molecule has 0 aliphatic rings. The van der Waals surface area contributed by atoms with Crippen LogP contribution in [0, 0.1) is 6.92 Å². The van der Waals surface area contributed by atoms with Gasteiger partial charge in [-0.3, -0.25) is 4.79 Å². The van der Waals surface area contributed by atoms with Crippen LogP contribution in [0.5, 0.6) is 0 Å². The van der Waals surface area contributed by atoms with Crippen LogP contribution in [0.4, 0.5) is 5.69 Å². The second kappa shape index (κ2) is 5.73. The fourth-order valence-corrected chi connectivity index (χ4v) is 2.31. The Morgan fingerprint density at radius 1 is 1.50 bits per heavy atom. The lowest BCUT2D eigenvalue weighted by Crippen LogP contribution is -2.47. The number of thiazole rings is 1. The lowest BCUT2D eigenvalue weighted by Gasteiger charge is -2.21. The number of aromatic nitrogens is 1. The highest BCUT2D eigenvalue weighted by Crippen LogP contribution is 2.24. The van der Waals surface area contributed by atoms with Crippen LogP contribution in [-0.4, -0.2) is 16.4 Å². The van der Waals surface area contributed by atoms with E-state index in [-0.39, 0.29) is 5.91 Å². The maximum Gasteiger partial charge on any atom is 0.244 e. The molecule has 20 heavy (non-hydrogen) atoms. The van der Waals surface area contributed by atoms with Gasteiger partial charge in [-0.15, -0.1) is 11.3 Å². The number of rotatable bonds is 4. The Labute approximate surface area is 123 Å². The Balaban J connectivity index is 2.21. The minimum atomic E-state index is -0.854. The van der Waals surface area contributed by atoms with Gasteiger partial charge in [0, 0.05) is 16.6 Å². The average molecular weight is 289 g/mol. The van der Waals surface area contributed by atoms with E-state index in [0.29, 0.717) is 6.42 Å². The van der Waals surface area contributed by atoms with Crippen molar-refractivity contribution in [3.8, 4) is 11.3 Å². The molecule has 0 spiro atoms. The fourth-order valence-electron chi connectivity index (χ4n) is 1.69. The van der Waals surface area contributed by atoms with Crippen molar-refractivity contribution in [1.82, 2.24) is 4.98 Å². The summed E-state index contributed by atoms with van der Waals surface area (Å²) in [5, 5.41) is 5.89. The Morgan fingerprint density at radius 3 is 2.85 bits per heavy atom. The van der Waals surface area contributed by atoms with Gasteiger partial charge in [-0.25, -0.2) is 4.98 Å². The van der Waals surface area contributed by atoms with Crippen molar-refractivity contribution in [2.75, 3.05) is 5.32 Å². The van der Waals surface area contributed by atoms with Crippen LogP contribution in [0.3, 0.4) is 0 Å². The lowest BCUT2D eigenvalue weighted by molar-refractivity contribution is -0.120. The van der Waals surface area contributed by atoms with E-state index in [1.165, 1.54) is 0 Å². The van der Waals surface area contributed by atoms with Gasteiger partial charge in [0.25, 0.3) is 0 Å². The van der Waals surface area contributed by atoms with Crippen molar-refractivity contribution in [3.63, 3.8) is 0 Å². The van der Waals surface area contributed by atoms with Crippen LogP contribution in [0.2, 0.25) is 0 Å². The standard InChI is InChI=1S/C15H19N3OS/c1-4-15(3,16)14(19)18-12-7-5-6-11(8-12)13-9-20-10(2)17-13/h5-9H,4,16H2,1-3H3,(H,18,19). The van der Waals surface area contributed by atoms with Gasteiger partial charge >= 0.3 is 0 Å². The number of nitrogens with zero attached hydrogens (tertiary/aromatic N) is 1. The van der Waals surface area contributed by atoms with Gasteiger partial charge < -0.3 is 11.1 Å². The molecule has 1 amide bonds. The number of amides is 1. The molecule has 1 heterocycles. The van der Waals surface area contributed by atoms with Crippen molar-refractivity contribution in [2.24, 2.45) is 5.73 Å². The molecule has 1 atom stereocenters. The smallest absolute Gasteiger partial charge is 0.244 e. The Kier molecular flexibility index (Phi) is 4.20. The van der Waals surface area contributed by atoms with Crippen LogP contribution >= 0.6 is 11.3 Å². The van der Waals surface area contributed by atoms with Crippen molar-refractivity contribution < 1.29 is 4.79 Å². The van der Waals surface area contributed by atoms with E-state index in [9.17, 15) is 4.79 Å². The van der Waals surface area contributed by atoms with Gasteiger partial charge in [-0.05, 0) is 32.4 Å². The summed E-state index contributed by atoms with van der Waals surface area (Å²) in [5.74, 6) is -0.174. The molecule has 2 rings (SSSR count). The Morgan fingerprint density at radius 2 is 2.25 bits per heavy atom. The summed E-state index contributed by atoms with van der Waals surface area (Å²) in [7, 11) is 0. The molecule has 0 aliphatic carbocycles. The first-order valence-corrected chi connectivity index (χ1v) is 7.43. The zero-order valence-corrected chi connectivity index (χ0v) is 12.8. The first kappa shape index (κ1) is 14.7. The van der Waals surface area contributed by atoms with E-state index in [2.05, 4.69) is 10.3 Å². The van der Waals surface area contributed by atoms with Crippen molar-refractivity contribution in [2.45, 2.75) is 32.7 Å². The van der Waals surface area contributed by atoms with Gasteiger partial charge in [0.2, 0.25) is 5.91 Å². The quantitative estimate of drug-likeness (QED) is 0.908. The summed E-state index contributed by atoms with van der Waals surface area (Å²) in [4.78, 5) is 16.5. The third kappa shape index (κ3) is 3.23. The number of aryl methyl sites for hydroxylation is 1. The molecule has 3 N–H and O–H groups in total. The third-order valence-electron chi connectivity index (χ3n) is 3.29. The molecule has 5 heteroatoms. The molecular weight excluding hydrogens is 270 g/mol. The van der Waals surface area contributed by atoms with Crippen LogP contribution < -0.4 is 11.1 Å².